The molecule has 0 aromatic heterocycles. The fourth-order valence-corrected chi connectivity index (χ4v) is 2.18. The van der Waals surface area contributed by atoms with Gasteiger partial charge in [-0.1, -0.05) is 17.7 Å². The number of hydrogen-bond donors (Lipinski definition) is 1. The number of nitrogens with two attached hydrogens (primary N) is 1. The summed E-state index contributed by atoms with van der Waals surface area (Å²) in [5, 5.41) is 0. The number of anilines is 1. The molecule has 0 radical (unpaired) electrons. The van der Waals surface area contributed by atoms with Crippen molar-refractivity contribution in [2.24, 2.45) is 0 Å². The van der Waals surface area contributed by atoms with Crippen LogP contribution in [0.15, 0.2) is 36.4 Å². The molecular weight excluding hydrogens is 266 g/mol. The molecule has 2 rings (SSSR count). The molecule has 0 amide bonds. The lowest BCUT2D eigenvalue weighted by atomic mass is 9.99. The first-order valence-electron chi connectivity index (χ1n) is 6.79. The summed E-state index contributed by atoms with van der Waals surface area (Å²) in [4.78, 5) is 12.8. The number of para-hydroxylation sites is 1. The average molecular weight is 285 g/mol. The molecule has 0 fully saturated rings. The normalized spacial score (nSPS) is 10.2. The second-order valence-corrected chi connectivity index (χ2v) is 4.69. The minimum atomic E-state index is -0.161. The number of ketones is 1. The van der Waals surface area contributed by atoms with Gasteiger partial charge in [0.15, 0.2) is 5.75 Å². The van der Waals surface area contributed by atoms with Crippen molar-refractivity contribution in [3.8, 4) is 11.5 Å². The molecule has 4 heteroatoms. The SMILES string of the molecule is CCOc1c(N)cccc1C(=O)c1cc(C)ccc1OC. The molecule has 0 saturated heterocycles. The van der Waals surface area contributed by atoms with Crippen molar-refractivity contribution < 1.29 is 14.3 Å². The zero-order valence-corrected chi connectivity index (χ0v) is 12.5. The fraction of sp³-hybridized carbons (Fsp3) is 0.235. The molecule has 0 atom stereocenters. The summed E-state index contributed by atoms with van der Waals surface area (Å²) in [6.07, 6.45) is 0. The van der Waals surface area contributed by atoms with E-state index in [1.807, 2.05) is 19.9 Å². The molecule has 0 aliphatic rings. The number of benzene rings is 2. The number of aryl methyl sites for hydroxylation is 1. The van der Waals surface area contributed by atoms with Crippen LogP contribution in [0.1, 0.15) is 28.4 Å². The van der Waals surface area contributed by atoms with Gasteiger partial charge in [0.1, 0.15) is 5.75 Å². The second-order valence-electron chi connectivity index (χ2n) is 4.69. The van der Waals surface area contributed by atoms with Crippen LogP contribution in [0.25, 0.3) is 0 Å². The van der Waals surface area contributed by atoms with Crippen LogP contribution in [-0.4, -0.2) is 19.5 Å². The van der Waals surface area contributed by atoms with E-state index in [0.717, 1.165) is 5.56 Å². The molecule has 0 heterocycles. The van der Waals surface area contributed by atoms with Gasteiger partial charge in [0.25, 0.3) is 0 Å². The number of carbonyl (C=O) groups is 1. The molecule has 2 aromatic rings. The molecule has 2 aromatic carbocycles. The van der Waals surface area contributed by atoms with Crippen LogP contribution in [0.4, 0.5) is 5.69 Å². The lowest BCUT2D eigenvalue weighted by Crippen LogP contribution is -2.09. The number of methoxy groups -OCH3 is 1. The Morgan fingerprint density at radius 1 is 1.19 bits per heavy atom. The summed E-state index contributed by atoms with van der Waals surface area (Å²) in [5.74, 6) is 0.801. The highest BCUT2D eigenvalue weighted by Crippen LogP contribution is 2.31. The zero-order chi connectivity index (χ0) is 15.4. The number of hydrogen-bond acceptors (Lipinski definition) is 4. The highest BCUT2D eigenvalue weighted by molar-refractivity contribution is 6.13. The van der Waals surface area contributed by atoms with Crippen LogP contribution < -0.4 is 15.2 Å². The Kier molecular flexibility index (Phi) is 4.48. The van der Waals surface area contributed by atoms with Gasteiger partial charge in [-0.3, -0.25) is 4.79 Å². The summed E-state index contributed by atoms with van der Waals surface area (Å²) in [7, 11) is 1.55. The van der Waals surface area contributed by atoms with Gasteiger partial charge < -0.3 is 15.2 Å². The third kappa shape index (κ3) is 2.99. The van der Waals surface area contributed by atoms with Crippen molar-refractivity contribution in [2.45, 2.75) is 13.8 Å². The minimum Gasteiger partial charge on any atom is -0.496 e. The van der Waals surface area contributed by atoms with Crippen molar-refractivity contribution in [1.29, 1.82) is 0 Å². The van der Waals surface area contributed by atoms with Crippen molar-refractivity contribution in [1.82, 2.24) is 0 Å². The molecule has 0 unspecified atom stereocenters. The number of ether oxygens (including phenoxy) is 2. The monoisotopic (exact) mass is 285 g/mol. The van der Waals surface area contributed by atoms with Gasteiger partial charge in [-0.25, -0.2) is 0 Å². The molecule has 0 saturated carbocycles. The second kappa shape index (κ2) is 6.31. The Morgan fingerprint density at radius 3 is 2.62 bits per heavy atom. The molecular formula is C17H19NO3. The van der Waals surface area contributed by atoms with Crippen molar-refractivity contribution in [3.63, 3.8) is 0 Å². The van der Waals surface area contributed by atoms with E-state index in [9.17, 15) is 4.79 Å². The Labute approximate surface area is 124 Å². The van der Waals surface area contributed by atoms with Crippen LogP contribution >= 0.6 is 0 Å². The summed E-state index contributed by atoms with van der Waals surface area (Å²) in [6.45, 7) is 4.23. The van der Waals surface area contributed by atoms with Gasteiger partial charge in [0.2, 0.25) is 5.78 Å². The topological polar surface area (TPSA) is 61.5 Å². The van der Waals surface area contributed by atoms with Crippen LogP contribution in [-0.2, 0) is 0 Å². The summed E-state index contributed by atoms with van der Waals surface area (Å²) in [6, 6.07) is 10.7. The van der Waals surface area contributed by atoms with Gasteiger partial charge in [-0.2, -0.15) is 0 Å². The third-order valence-corrected chi connectivity index (χ3v) is 3.18. The first kappa shape index (κ1) is 14.9. The standard InChI is InChI=1S/C17H19NO3/c1-4-21-17-12(6-5-7-14(17)18)16(19)13-10-11(2)8-9-15(13)20-3/h5-10H,4,18H2,1-3H3. The Balaban J connectivity index is 2.55. The van der Waals surface area contributed by atoms with Crippen molar-refractivity contribution in [3.05, 3.63) is 53.1 Å². The predicted molar refractivity (Wildman–Crippen MR) is 83.2 cm³/mol. The third-order valence-electron chi connectivity index (χ3n) is 3.18. The molecule has 0 spiro atoms. The quantitative estimate of drug-likeness (QED) is 0.677. The average Bonchev–Trinajstić information content (AvgIpc) is 2.48. The molecule has 21 heavy (non-hydrogen) atoms. The molecule has 0 bridgehead atoms. The predicted octanol–water partition coefficient (Wildman–Crippen LogP) is 3.22. The Hall–Kier alpha value is -2.49. The number of carbonyl (C=O) groups excluding carboxylic acids is 1. The van der Waals surface area contributed by atoms with E-state index in [2.05, 4.69) is 0 Å². The maximum atomic E-state index is 12.8. The van der Waals surface area contributed by atoms with E-state index < -0.39 is 0 Å². The summed E-state index contributed by atoms with van der Waals surface area (Å²) >= 11 is 0. The lowest BCUT2D eigenvalue weighted by Gasteiger charge is -2.13. The summed E-state index contributed by atoms with van der Waals surface area (Å²) in [5.41, 5.74) is 8.30. The van der Waals surface area contributed by atoms with Crippen molar-refractivity contribution in [2.75, 3.05) is 19.5 Å². The van der Waals surface area contributed by atoms with Crippen LogP contribution in [0.2, 0.25) is 0 Å². The highest BCUT2D eigenvalue weighted by atomic mass is 16.5. The first-order valence-corrected chi connectivity index (χ1v) is 6.79. The fourth-order valence-electron chi connectivity index (χ4n) is 2.18. The van der Waals surface area contributed by atoms with E-state index in [1.54, 1.807) is 37.4 Å². The van der Waals surface area contributed by atoms with Gasteiger partial charge >= 0.3 is 0 Å². The smallest absolute Gasteiger partial charge is 0.200 e. The largest absolute Gasteiger partial charge is 0.496 e. The van der Waals surface area contributed by atoms with Gasteiger partial charge in [-0.05, 0) is 38.1 Å². The first-order chi connectivity index (χ1) is 10.1. The molecule has 0 aliphatic heterocycles. The Bertz CT molecular complexity index is 665. The van der Waals surface area contributed by atoms with Gasteiger partial charge in [-0.15, -0.1) is 0 Å². The van der Waals surface area contributed by atoms with E-state index in [1.165, 1.54) is 0 Å². The van der Waals surface area contributed by atoms with E-state index in [0.29, 0.717) is 34.9 Å². The highest BCUT2D eigenvalue weighted by Gasteiger charge is 2.20. The van der Waals surface area contributed by atoms with E-state index >= 15 is 0 Å². The zero-order valence-electron chi connectivity index (χ0n) is 12.5. The molecule has 4 nitrogen and oxygen atoms in total. The van der Waals surface area contributed by atoms with Crippen molar-refractivity contribution >= 4 is 11.5 Å². The lowest BCUT2D eigenvalue weighted by molar-refractivity contribution is 0.103. The number of rotatable bonds is 5. The molecule has 110 valence electrons. The van der Waals surface area contributed by atoms with Crippen LogP contribution in [0.5, 0.6) is 11.5 Å². The number of nitrogen functional groups attached to an aromatic ring is 1. The van der Waals surface area contributed by atoms with Gasteiger partial charge in [0.05, 0.1) is 30.5 Å². The van der Waals surface area contributed by atoms with Gasteiger partial charge in [0, 0.05) is 0 Å². The Morgan fingerprint density at radius 2 is 1.95 bits per heavy atom. The minimum absolute atomic E-state index is 0.161. The molecule has 2 N–H and O–H groups in total. The summed E-state index contributed by atoms with van der Waals surface area (Å²) < 4.78 is 10.8. The molecule has 0 aliphatic carbocycles. The van der Waals surface area contributed by atoms with Crippen LogP contribution in [0, 0.1) is 6.92 Å². The van der Waals surface area contributed by atoms with E-state index in [4.69, 9.17) is 15.2 Å². The van der Waals surface area contributed by atoms with E-state index in [-0.39, 0.29) is 5.78 Å². The van der Waals surface area contributed by atoms with Crippen LogP contribution in [0.3, 0.4) is 0 Å². The maximum absolute atomic E-state index is 12.8. The maximum Gasteiger partial charge on any atom is 0.200 e.